The minimum absolute atomic E-state index is 0.205. The molecule has 2 unspecified atom stereocenters. The summed E-state index contributed by atoms with van der Waals surface area (Å²) >= 11 is 0. The molecule has 1 N–H and O–H groups in total. The first-order chi connectivity index (χ1) is 8.86. The quantitative estimate of drug-likeness (QED) is 0.872. The number of aromatic nitrogens is 2. The molecule has 1 aliphatic rings. The molecule has 0 saturated carbocycles. The van der Waals surface area contributed by atoms with Gasteiger partial charge in [0.1, 0.15) is 6.10 Å². The Kier molecular flexibility index (Phi) is 4.07. The van der Waals surface area contributed by atoms with Gasteiger partial charge in [0, 0.05) is 13.1 Å². The summed E-state index contributed by atoms with van der Waals surface area (Å²) in [6, 6.07) is 0. The number of alkyl halides is 3. The molecular formula is C10H14F3N3O3. The summed E-state index contributed by atoms with van der Waals surface area (Å²) in [6.07, 6.45) is -8.37. The van der Waals surface area contributed by atoms with Crippen LogP contribution in [0.15, 0.2) is 4.52 Å². The van der Waals surface area contributed by atoms with Crippen LogP contribution in [0.3, 0.4) is 0 Å². The van der Waals surface area contributed by atoms with Crippen molar-refractivity contribution in [2.75, 3.05) is 26.7 Å². The zero-order valence-corrected chi connectivity index (χ0v) is 10.2. The number of aliphatic hydroxyl groups is 1. The van der Waals surface area contributed by atoms with Crippen molar-refractivity contribution in [2.45, 2.75) is 24.8 Å². The zero-order valence-electron chi connectivity index (χ0n) is 10.2. The van der Waals surface area contributed by atoms with Crippen molar-refractivity contribution in [3.8, 4) is 0 Å². The smallest absolute Gasteiger partial charge is 0.383 e. The number of ether oxygens (including phenoxy) is 1. The maximum absolute atomic E-state index is 12.2. The molecule has 0 spiro atoms. The Morgan fingerprint density at radius 2 is 2.26 bits per heavy atom. The largest absolute Gasteiger partial charge is 0.414 e. The van der Waals surface area contributed by atoms with E-state index in [4.69, 9.17) is 14.4 Å². The Hall–Kier alpha value is -1.19. The molecule has 2 heterocycles. The minimum Gasteiger partial charge on any atom is -0.383 e. The number of likely N-dealkylation sites (N-methyl/N-ethyl adjacent to an activating group) is 1. The van der Waals surface area contributed by atoms with E-state index < -0.39 is 24.8 Å². The van der Waals surface area contributed by atoms with Crippen molar-refractivity contribution in [3.05, 3.63) is 11.7 Å². The zero-order chi connectivity index (χ0) is 14.0. The van der Waals surface area contributed by atoms with E-state index in [2.05, 4.69) is 10.1 Å². The van der Waals surface area contributed by atoms with Gasteiger partial charge in [-0.05, 0) is 7.05 Å². The Balaban J connectivity index is 1.99. The summed E-state index contributed by atoms with van der Waals surface area (Å²) in [4.78, 5) is 5.83. The standard InChI is InChI=1S/C10H14F3N3O3/c1-16-2-3-18-6(5-16)9-14-8(19-15-9)4-7(17)10(11,12)13/h6-7,17H,2-5H2,1H3. The number of rotatable bonds is 3. The van der Waals surface area contributed by atoms with E-state index in [0.717, 1.165) is 6.54 Å². The molecule has 2 rings (SSSR count). The van der Waals surface area contributed by atoms with Gasteiger partial charge in [0.15, 0.2) is 6.10 Å². The number of aliphatic hydroxyl groups excluding tert-OH is 1. The van der Waals surface area contributed by atoms with Gasteiger partial charge in [0.25, 0.3) is 0 Å². The summed E-state index contributed by atoms with van der Waals surface area (Å²) in [5.41, 5.74) is 0. The van der Waals surface area contributed by atoms with E-state index >= 15 is 0 Å². The lowest BCUT2D eigenvalue weighted by Gasteiger charge is -2.27. The highest BCUT2D eigenvalue weighted by Crippen LogP contribution is 2.24. The Morgan fingerprint density at radius 1 is 1.53 bits per heavy atom. The molecule has 1 saturated heterocycles. The third kappa shape index (κ3) is 3.64. The highest BCUT2D eigenvalue weighted by molar-refractivity contribution is 4.95. The maximum Gasteiger partial charge on any atom is 0.414 e. The minimum atomic E-state index is -4.70. The average molecular weight is 281 g/mol. The van der Waals surface area contributed by atoms with Gasteiger partial charge in [-0.15, -0.1) is 0 Å². The molecule has 9 heteroatoms. The summed E-state index contributed by atoms with van der Waals surface area (Å²) in [7, 11) is 1.89. The van der Waals surface area contributed by atoms with Crippen LogP contribution >= 0.6 is 0 Å². The predicted octanol–water partition coefficient (Wildman–Crippen LogP) is 0.538. The Bertz CT molecular complexity index is 424. The molecule has 0 aromatic carbocycles. The van der Waals surface area contributed by atoms with E-state index in [0.29, 0.717) is 13.2 Å². The van der Waals surface area contributed by atoms with Crippen molar-refractivity contribution in [1.82, 2.24) is 15.0 Å². The Morgan fingerprint density at radius 3 is 2.89 bits per heavy atom. The molecule has 0 aliphatic carbocycles. The molecule has 0 radical (unpaired) electrons. The van der Waals surface area contributed by atoms with Crippen LogP contribution < -0.4 is 0 Å². The first-order valence-corrected chi connectivity index (χ1v) is 5.73. The fourth-order valence-electron chi connectivity index (χ4n) is 1.70. The highest BCUT2D eigenvalue weighted by Gasteiger charge is 2.39. The molecule has 0 amide bonds. The van der Waals surface area contributed by atoms with E-state index in [1.54, 1.807) is 0 Å². The van der Waals surface area contributed by atoms with Crippen LogP contribution in [0.25, 0.3) is 0 Å². The predicted molar refractivity (Wildman–Crippen MR) is 56.3 cm³/mol. The van der Waals surface area contributed by atoms with Crippen molar-refractivity contribution >= 4 is 0 Å². The van der Waals surface area contributed by atoms with Crippen molar-refractivity contribution in [2.24, 2.45) is 0 Å². The summed E-state index contributed by atoms with van der Waals surface area (Å²) in [5, 5.41) is 12.5. The maximum atomic E-state index is 12.2. The lowest BCUT2D eigenvalue weighted by Crippen LogP contribution is -2.35. The highest BCUT2D eigenvalue weighted by atomic mass is 19.4. The van der Waals surface area contributed by atoms with Gasteiger partial charge in [0.05, 0.1) is 13.0 Å². The lowest BCUT2D eigenvalue weighted by atomic mass is 10.2. The lowest BCUT2D eigenvalue weighted by molar-refractivity contribution is -0.204. The van der Waals surface area contributed by atoms with Gasteiger partial charge >= 0.3 is 6.18 Å². The molecule has 0 bridgehead atoms. The summed E-state index contributed by atoms with van der Waals surface area (Å²) in [6.45, 7) is 1.81. The molecule has 1 aliphatic heterocycles. The fraction of sp³-hybridized carbons (Fsp3) is 0.800. The third-order valence-electron chi connectivity index (χ3n) is 2.79. The summed E-state index contributed by atoms with van der Waals surface area (Å²) in [5.74, 6) is -0.0485. The van der Waals surface area contributed by atoms with Gasteiger partial charge in [-0.2, -0.15) is 18.2 Å². The van der Waals surface area contributed by atoms with Crippen LogP contribution in [-0.2, 0) is 11.2 Å². The molecule has 108 valence electrons. The SMILES string of the molecule is CN1CCOC(c2noc(CC(O)C(F)(F)F)n2)C1. The molecule has 19 heavy (non-hydrogen) atoms. The van der Waals surface area contributed by atoms with Gasteiger partial charge in [-0.1, -0.05) is 5.16 Å². The van der Waals surface area contributed by atoms with E-state index in [-0.39, 0.29) is 11.7 Å². The summed E-state index contributed by atoms with van der Waals surface area (Å²) < 4.78 is 46.6. The van der Waals surface area contributed by atoms with E-state index in [9.17, 15) is 13.2 Å². The van der Waals surface area contributed by atoms with E-state index in [1.165, 1.54) is 0 Å². The van der Waals surface area contributed by atoms with Crippen LogP contribution in [0.1, 0.15) is 17.8 Å². The number of nitrogens with zero attached hydrogens (tertiary/aromatic N) is 3. The van der Waals surface area contributed by atoms with Gasteiger partial charge in [-0.25, -0.2) is 0 Å². The molecule has 2 atom stereocenters. The number of halogens is 3. The first kappa shape index (κ1) is 14.2. The normalized spacial score (nSPS) is 23.5. The van der Waals surface area contributed by atoms with Gasteiger partial charge in [0.2, 0.25) is 11.7 Å². The Labute approximate surface area is 107 Å². The number of morpholine rings is 1. The second-order valence-corrected chi connectivity index (χ2v) is 4.43. The van der Waals surface area contributed by atoms with Gasteiger partial charge in [-0.3, -0.25) is 0 Å². The third-order valence-corrected chi connectivity index (χ3v) is 2.79. The van der Waals surface area contributed by atoms with Crippen molar-refractivity contribution in [1.29, 1.82) is 0 Å². The first-order valence-electron chi connectivity index (χ1n) is 5.73. The average Bonchev–Trinajstić information content (AvgIpc) is 2.76. The van der Waals surface area contributed by atoms with Crippen molar-refractivity contribution < 1.29 is 27.5 Å². The van der Waals surface area contributed by atoms with Crippen LogP contribution in [0.5, 0.6) is 0 Å². The molecule has 1 aromatic rings. The molecule has 1 fully saturated rings. The topological polar surface area (TPSA) is 71.6 Å². The fourth-order valence-corrected chi connectivity index (χ4v) is 1.70. The number of hydrogen-bond acceptors (Lipinski definition) is 6. The van der Waals surface area contributed by atoms with Gasteiger partial charge < -0.3 is 19.3 Å². The van der Waals surface area contributed by atoms with Crippen LogP contribution in [-0.4, -0.2) is 59.2 Å². The molecular weight excluding hydrogens is 267 g/mol. The van der Waals surface area contributed by atoms with Crippen LogP contribution in [0.4, 0.5) is 13.2 Å². The monoisotopic (exact) mass is 281 g/mol. The van der Waals surface area contributed by atoms with Crippen LogP contribution in [0.2, 0.25) is 0 Å². The molecule has 6 nitrogen and oxygen atoms in total. The second-order valence-electron chi connectivity index (χ2n) is 4.43. The number of hydrogen-bond donors (Lipinski definition) is 1. The molecule has 1 aromatic heterocycles. The van der Waals surface area contributed by atoms with E-state index in [1.807, 2.05) is 11.9 Å². The van der Waals surface area contributed by atoms with Crippen LogP contribution in [0, 0.1) is 0 Å². The van der Waals surface area contributed by atoms with Crippen molar-refractivity contribution in [3.63, 3.8) is 0 Å². The second kappa shape index (κ2) is 5.43.